The number of carboxylic acids is 1. The Morgan fingerprint density at radius 3 is 2.76 bits per heavy atom. The van der Waals surface area contributed by atoms with Gasteiger partial charge in [0.15, 0.2) is 0 Å². The number of halogens is 2. The molecule has 1 aliphatic rings. The highest BCUT2D eigenvalue weighted by Crippen LogP contribution is 2.26. The molecule has 0 unspecified atom stereocenters. The number of nitrogens with zero attached hydrogens (tertiary/aromatic N) is 1. The minimum Gasteiger partial charge on any atom is -0.481 e. The lowest BCUT2D eigenvalue weighted by molar-refractivity contribution is -0.147. The number of carbonyl (C=O) groups is 1. The molecule has 0 atom stereocenters. The Balaban J connectivity index is 2.04. The SMILES string of the molecule is Cc1cc(F)c(CN2CC(C(=O)O)C2)c(Cl)c1. The van der Waals surface area contributed by atoms with Crippen LogP contribution in [0.2, 0.25) is 5.02 Å². The fraction of sp³-hybridized carbons (Fsp3) is 0.417. The molecule has 17 heavy (non-hydrogen) atoms. The third-order valence-electron chi connectivity index (χ3n) is 2.97. The van der Waals surface area contributed by atoms with Crippen molar-refractivity contribution < 1.29 is 14.3 Å². The van der Waals surface area contributed by atoms with E-state index in [1.54, 1.807) is 13.0 Å². The Kier molecular flexibility index (Phi) is 3.35. The highest BCUT2D eigenvalue weighted by atomic mass is 35.5. The Hall–Kier alpha value is -1.13. The van der Waals surface area contributed by atoms with E-state index in [1.165, 1.54) is 6.07 Å². The molecule has 5 heteroatoms. The second-order valence-corrected chi connectivity index (χ2v) is 4.84. The first-order valence-corrected chi connectivity index (χ1v) is 5.75. The van der Waals surface area contributed by atoms with Gasteiger partial charge >= 0.3 is 5.97 Å². The molecule has 0 bridgehead atoms. The molecule has 1 aromatic carbocycles. The normalized spacial score (nSPS) is 16.9. The molecular formula is C12H13ClFNO2. The maximum atomic E-state index is 13.7. The molecule has 0 amide bonds. The zero-order chi connectivity index (χ0) is 12.6. The number of rotatable bonds is 3. The molecule has 0 aliphatic carbocycles. The van der Waals surface area contributed by atoms with E-state index in [4.69, 9.17) is 16.7 Å². The van der Waals surface area contributed by atoms with E-state index in [2.05, 4.69) is 0 Å². The van der Waals surface area contributed by atoms with Crippen LogP contribution in [0, 0.1) is 18.7 Å². The van der Waals surface area contributed by atoms with Crippen LogP contribution in [0.5, 0.6) is 0 Å². The Bertz CT molecular complexity index is 435. The summed E-state index contributed by atoms with van der Waals surface area (Å²) in [6.45, 7) is 3.06. The summed E-state index contributed by atoms with van der Waals surface area (Å²) in [5.41, 5.74) is 1.23. The van der Waals surface area contributed by atoms with Gasteiger partial charge in [-0.05, 0) is 24.6 Å². The van der Waals surface area contributed by atoms with Crippen LogP contribution in [0.4, 0.5) is 4.39 Å². The van der Waals surface area contributed by atoms with Gasteiger partial charge in [0.2, 0.25) is 0 Å². The topological polar surface area (TPSA) is 40.5 Å². The minimum atomic E-state index is -0.795. The number of hydrogen-bond acceptors (Lipinski definition) is 2. The molecule has 1 fully saturated rings. The Morgan fingerprint density at radius 1 is 1.59 bits per heavy atom. The van der Waals surface area contributed by atoms with E-state index in [9.17, 15) is 9.18 Å². The molecule has 0 radical (unpaired) electrons. The quantitative estimate of drug-likeness (QED) is 0.903. The molecular weight excluding hydrogens is 245 g/mol. The molecule has 1 N–H and O–H groups in total. The van der Waals surface area contributed by atoms with Gasteiger partial charge in [-0.3, -0.25) is 9.69 Å². The average molecular weight is 258 g/mol. The average Bonchev–Trinajstić information content (AvgIpc) is 2.12. The van der Waals surface area contributed by atoms with Crippen LogP contribution in [0.15, 0.2) is 12.1 Å². The van der Waals surface area contributed by atoms with E-state index in [1.807, 2.05) is 4.90 Å². The van der Waals surface area contributed by atoms with Crippen molar-refractivity contribution in [2.75, 3.05) is 13.1 Å². The summed E-state index contributed by atoms with van der Waals surface area (Å²) in [5, 5.41) is 9.14. The number of carboxylic acid groups (broad SMARTS) is 1. The number of aryl methyl sites for hydroxylation is 1. The van der Waals surface area contributed by atoms with Crippen LogP contribution in [0.1, 0.15) is 11.1 Å². The van der Waals surface area contributed by atoms with Crippen LogP contribution < -0.4 is 0 Å². The molecule has 3 nitrogen and oxygen atoms in total. The van der Waals surface area contributed by atoms with Gasteiger partial charge in [0.1, 0.15) is 5.82 Å². The zero-order valence-electron chi connectivity index (χ0n) is 9.41. The van der Waals surface area contributed by atoms with Gasteiger partial charge < -0.3 is 5.11 Å². The van der Waals surface area contributed by atoms with Crippen LogP contribution >= 0.6 is 11.6 Å². The lowest BCUT2D eigenvalue weighted by Crippen LogP contribution is -2.49. The predicted octanol–water partition coefficient (Wildman–Crippen LogP) is 2.30. The summed E-state index contributed by atoms with van der Waals surface area (Å²) in [5.74, 6) is -1.45. The van der Waals surface area contributed by atoms with E-state index < -0.39 is 5.97 Å². The molecule has 1 heterocycles. The number of hydrogen-bond donors (Lipinski definition) is 1. The zero-order valence-corrected chi connectivity index (χ0v) is 10.2. The summed E-state index contributed by atoms with van der Waals surface area (Å²) in [6.07, 6.45) is 0. The first kappa shape index (κ1) is 12.3. The summed E-state index contributed by atoms with van der Waals surface area (Å²) >= 11 is 5.98. The molecule has 0 saturated carbocycles. The molecule has 1 aliphatic heterocycles. The number of benzene rings is 1. The van der Waals surface area contributed by atoms with Gasteiger partial charge in [0, 0.05) is 30.2 Å². The van der Waals surface area contributed by atoms with Gasteiger partial charge in [0.05, 0.1) is 5.92 Å². The van der Waals surface area contributed by atoms with Crippen molar-refractivity contribution in [3.05, 3.63) is 34.1 Å². The summed E-state index contributed by atoms with van der Waals surface area (Å²) in [4.78, 5) is 12.5. The van der Waals surface area contributed by atoms with Gasteiger partial charge in [-0.15, -0.1) is 0 Å². The molecule has 1 saturated heterocycles. The number of likely N-dealkylation sites (tertiary alicyclic amines) is 1. The van der Waals surface area contributed by atoms with Crippen molar-refractivity contribution >= 4 is 17.6 Å². The standard InChI is InChI=1S/C12H13ClFNO2/c1-7-2-10(13)9(11(14)3-7)6-15-4-8(5-15)12(16)17/h2-3,8H,4-6H2,1H3,(H,16,17). The van der Waals surface area contributed by atoms with Crippen molar-refractivity contribution in [1.29, 1.82) is 0 Å². The number of aliphatic carboxylic acids is 1. The van der Waals surface area contributed by atoms with Gasteiger partial charge in [-0.1, -0.05) is 11.6 Å². The Morgan fingerprint density at radius 2 is 2.24 bits per heavy atom. The minimum absolute atomic E-state index is 0.325. The largest absolute Gasteiger partial charge is 0.481 e. The maximum Gasteiger partial charge on any atom is 0.309 e. The second-order valence-electron chi connectivity index (χ2n) is 4.44. The second kappa shape index (κ2) is 4.63. The van der Waals surface area contributed by atoms with Crippen LogP contribution in [0.25, 0.3) is 0 Å². The monoisotopic (exact) mass is 257 g/mol. The van der Waals surface area contributed by atoms with Gasteiger partial charge in [-0.25, -0.2) is 4.39 Å². The first-order valence-electron chi connectivity index (χ1n) is 5.37. The molecule has 0 aromatic heterocycles. The fourth-order valence-electron chi connectivity index (χ4n) is 1.96. The van der Waals surface area contributed by atoms with E-state index in [-0.39, 0.29) is 11.7 Å². The van der Waals surface area contributed by atoms with E-state index in [0.29, 0.717) is 30.2 Å². The molecule has 2 rings (SSSR count). The highest BCUT2D eigenvalue weighted by molar-refractivity contribution is 6.31. The summed E-state index contributed by atoms with van der Waals surface area (Å²) in [6, 6.07) is 3.16. The predicted molar refractivity (Wildman–Crippen MR) is 62.5 cm³/mol. The molecule has 92 valence electrons. The highest BCUT2D eigenvalue weighted by Gasteiger charge is 2.32. The van der Waals surface area contributed by atoms with E-state index in [0.717, 1.165) is 5.56 Å². The molecule has 1 aromatic rings. The third-order valence-corrected chi connectivity index (χ3v) is 3.31. The van der Waals surface area contributed by atoms with Crippen molar-refractivity contribution in [2.45, 2.75) is 13.5 Å². The lowest BCUT2D eigenvalue weighted by atomic mass is 9.99. The van der Waals surface area contributed by atoms with Crippen molar-refractivity contribution in [1.82, 2.24) is 4.90 Å². The van der Waals surface area contributed by atoms with Crippen LogP contribution in [-0.2, 0) is 11.3 Å². The third kappa shape index (κ3) is 2.58. The van der Waals surface area contributed by atoms with Gasteiger partial charge in [-0.2, -0.15) is 0 Å². The Labute approximate surface area is 104 Å². The van der Waals surface area contributed by atoms with Crippen LogP contribution in [0.3, 0.4) is 0 Å². The van der Waals surface area contributed by atoms with Crippen molar-refractivity contribution in [2.24, 2.45) is 5.92 Å². The fourth-order valence-corrected chi connectivity index (χ4v) is 2.28. The van der Waals surface area contributed by atoms with E-state index >= 15 is 0 Å². The summed E-state index contributed by atoms with van der Waals surface area (Å²) < 4.78 is 13.7. The van der Waals surface area contributed by atoms with Gasteiger partial charge in [0.25, 0.3) is 0 Å². The summed E-state index contributed by atoms with van der Waals surface area (Å²) in [7, 11) is 0. The van der Waals surface area contributed by atoms with Crippen molar-refractivity contribution in [3.8, 4) is 0 Å². The maximum absolute atomic E-state index is 13.7. The first-order chi connectivity index (χ1) is 7.97. The lowest BCUT2D eigenvalue weighted by Gasteiger charge is -2.36. The molecule has 0 spiro atoms. The smallest absolute Gasteiger partial charge is 0.309 e. The van der Waals surface area contributed by atoms with Crippen molar-refractivity contribution in [3.63, 3.8) is 0 Å². The van der Waals surface area contributed by atoms with Crippen LogP contribution in [-0.4, -0.2) is 29.1 Å².